The third-order valence-corrected chi connectivity index (χ3v) is 3.60. The van der Waals surface area contributed by atoms with Gasteiger partial charge in [-0.1, -0.05) is 12.1 Å². The summed E-state index contributed by atoms with van der Waals surface area (Å²) in [6, 6.07) is 7.31. The summed E-state index contributed by atoms with van der Waals surface area (Å²) in [4.78, 5) is 25.6. The summed E-state index contributed by atoms with van der Waals surface area (Å²) in [5.41, 5.74) is 1.05. The van der Waals surface area contributed by atoms with Gasteiger partial charge < -0.3 is 10.1 Å². The minimum Gasteiger partial charge on any atom is -0.383 e. The molecule has 5 heteroatoms. The molecule has 1 aromatic carbocycles. The summed E-state index contributed by atoms with van der Waals surface area (Å²) < 4.78 is 5.05. The molecule has 0 radical (unpaired) electrons. The number of fused-ring (bicyclic) bond motifs is 1. The summed E-state index contributed by atoms with van der Waals surface area (Å²) in [6.07, 6.45) is 1.72. The number of amides is 2. The standard InChI is InChI=1S/C16H22N2O3/c1-12(11-21-2)17-9-5-6-10-18-15(19)13-7-3-4-8-14(13)16(18)20/h3-4,7-8,12,17H,5-6,9-11H2,1-2H3. The minimum atomic E-state index is -0.170. The van der Waals surface area contributed by atoms with Crippen LogP contribution in [0.15, 0.2) is 24.3 Å². The number of hydrogen-bond acceptors (Lipinski definition) is 4. The van der Waals surface area contributed by atoms with Crippen molar-refractivity contribution in [1.82, 2.24) is 10.2 Å². The number of imide groups is 1. The molecule has 0 saturated carbocycles. The Kier molecular flexibility index (Phi) is 5.47. The van der Waals surface area contributed by atoms with Gasteiger partial charge in [-0.3, -0.25) is 14.5 Å². The Bertz CT molecular complexity index is 481. The number of methoxy groups -OCH3 is 1. The molecule has 2 rings (SSSR count). The maximum Gasteiger partial charge on any atom is 0.261 e. The first-order valence-electron chi connectivity index (χ1n) is 7.32. The van der Waals surface area contributed by atoms with E-state index in [1.165, 1.54) is 4.90 Å². The van der Waals surface area contributed by atoms with Crippen LogP contribution < -0.4 is 5.32 Å². The topological polar surface area (TPSA) is 58.6 Å². The zero-order chi connectivity index (χ0) is 15.2. The van der Waals surface area contributed by atoms with Crippen LogP contribution in [0, 0.1) is 0 Å². The van der Waals surface area contributed by atoms with Gasteiger partial charge in [-0.2, -0.15) is 0 Å². The summed E-state index contributed by atoms with van der Waals surface area (Å²) in [5.74, 6) is -0.340. The third-order valence-electron chi connectivity index (χ3n) is 3.60. The van der Waals surface area contributed by atoms with Crippen LogP contribution in [-0.4, -0.2) is 49.6 Å². The number of hydrogen-bond donors (Lipinski definition) is 1. The summed E-state index contributed by atoms with van der Waals surface area (Å²) in [5, 5.41) is 3.34. The summed E-state index contributed by atoms with van der Waals surface area (Å²) >= 11 is 0. The van der Waals surface area contributed by atoms with E-state index in [0.29, 0.717) is 30.3 Å². The second-order valence-electron chi connectivity index (χ2n) is 5.33. The summed E-state index contributed by atoms with van der Waals surface area (Å²) in [6.45, 7) is 4.08. The Morgan fingerprint density at radius 2 is 1.76 bits per heavy atom. The number of unbranched alkanes of at least 4 members (excludes halogenated alkanes) is 1. The SMILES string of the molecule is COCC(C)NCCCCN1C(=O)c2ccccc2C1=O. The molecule has 0 spiro atoms. The second kappa shape index (κ2) is 7.33. The molecular weight excluding hydrogens is 268 g/mol. The zero-order valence-corrected chi connectivity index (χ0v) is 12.6. The predicted octanol–water partition coefficient (Wildman–Crippen LogP) is 1.69. The van der Waals surface area contributed by atoms with Crippen molar-refractivity contribution in [3.63, 3.8) is 0 Å². The lowest BCUT2D eigenvalue weighted by atomic mass is 10.1. The second-order valence-corrected chi connectivity index (χ2v) is 5.33. The highest BCUT2D eigenvalue weighted by molar-refractivity contribution is 6.21. The first kappa shape index (κ1) is 15.7. The number of ether oxygens (including phenoxy) is 1. The van der Waals surface area contributed by atoms with Crippen molar-refractivity contribution in [3.8, 4) is 0 Å². The average molecular weight is 290 g/mol. The first-order valence-corrected chi connectivity index (χ1v) is 7.32. The van der Waals surface area contributed by atoms with Crippen molar-refractivity contribution in [2.45, 2.75) is 25.8 Å². The largest absolute Gasteiger partial charge is 0.383 e. The van der Waals surface area contributed by atoms with Crippen molar-refractivity contribution < 1.29 is 14.3 Å². The van der Waals surface area contributed by atoms with Gasteiger partial charge in [0.2, 0.25) is 0 Å². The molecule has 1 unspecified atom stereocenters. The highest BCUT2D eigenvalue weighted by Gasteiger charge is 2.34. The van der Waals surface area contributed by atoms with Crippen molar-refractivity contribution >= 4 is 11.8 Å². The molecule has 1 heterocycles. The molecule has 0 saturated heterocycles. The molecule has 0 aliphatic carbocycles. The van der Waals surface area contributed by atoms with Gasteiger partial charge in [-0.05, 0) is 38.4 Å². The van der Waals surface area contributed by atoms with E-state index < -0.39 is 0 Å². The molecule has 1 N–H and O–H groups in total. The highest BCUT2D eigenvalue weighted by atomic mass is 16.5. The Morgan fingerprint density at radius 1 is 1.14 bits per heavy atom. The highest BCUT2D eigenvalue weighted by Crippen LogP contribution is 2.22. The van der Waals surface area contributed by atoms with Crippen LogP contribution in [0.25, 0.3) is 0 Å². The fraction of sp³-hybridized carbons (Fsp3) is 0.500. The molecular formula is C16H22N2O3. The van der Waals surface area contributed by atoms with E-state index in [2.05, 4.69) is 12.2 Å². The Hall–Kier alpha value is -1.72. The third kappa shape index (κ3) is 3.68. The minimum absolute atomic E-state index is 0.170. The Morgan fingerprint density at radius 3 is 2.33 bits per heavy atom. The molecule has 1 aromatic rings. The number of nitrogens with one attached hydrogen (secondary N) is 1. The van der Waals surface area contributed by atoms with Gasteiger partial charge in [0.05, 0.1) is 17.7 Å². The molecule has 0 bridgehead atoms. The fourth-order valence-electron chi connectivity index (χ4n) is 2.49. The van der Waals surface area contributed by atoms with Gasteiger partial charge in [0, 0.05) is 19.7 Å². The van der Waals surface area contributed by atoms with Crippen LogP contribution in [0.2, 0.25) is 0 Å². The fourth-order valence-corrected chi connectivity index (χ4v) is 2.49. The van der Waals surface area contributed by atoms with Crippen LogP contribution in [0.5, 0.6) is 0 Å². The van der Waals surface area contributed by atoms with E-state index in [-0.39, 0.29) is 11.8 Å². The van der Waals surface area contributed by atoms with Gasteiger partial charge in [0.1, 0.15) is 0 Å². The van der Waals surface area contributed by atoms with Crippen molar-refractivity contribution in [3.05, 3.63) is 35.4 Å². The quantitative estimate of drug-likeness (QED) is 0.584. The molecule has 1 aliphatic rings. The van der Waals surface area contributed by atoms with Gasteiger partial charge in [0.15, 0.2) is 0 Å². The number of carbonyl (C=O) groups excluding carboxylic acids is 2. The zero-order valence-electron chi connectivity index (χ0n) is 12.6. The molecule has 114 valence electrons. The lowest BCUT2D eigenvalue weighted by Crippen LogP contribution is -2.33. The van der Waals surface area contributed by atoms with E-state index in [4.69, 9.17) is 4.74 Å². The number of carbonyl (C=O) groups is 2. The Balaban J connectivity index is 1.76. The van der Waals surface area contributed by atoms with Crippen LogP contribution in [-0.2, 0) is 4.74 Å². The lowest BCUT2D eigenvalue weighted by molar-refractivity contribution is 0.0651. The monoisotopic (exact) mass is 290 g/mol. The van der Waals surface area contributed by atoms with E-state index in [9.17, 15) is 9.59 Å². The van der Waals surface area contributed by atoms with E-state index in [1.54, 1.807) is 31.4 Å². The molecule has 5 nitrogen and oxygen atoms in total. The Labute approximate surface area is 125 Å². The van der Waals surface area contributed by atoms with Gasteiger partial charge in [-0.25, -0.2) is 0 Å². The molecule has 0 aromatic heterocycles. The average Bonchev–Trinajstić information content (AvgIpc) is 2.72. The van der Waals surface area contributed by atoms with Crippen molar-refractivity contribution in [1.29, 1.82) is 0 Å². The van der Waals surface area contributed by atoms with E-state index >= 15 is 0 Å². The van der Waals surface area contributed by atoms with Gasteiger partial charge in [-0.15, -0.1) is 0 Å². The molecule has 0 fully saturated rings. The number of rotatable bonds is 8. The molecule has 21 heavy (non-hydrogen) atoms. The lowest BCUT2D eigenvalue weighted by Gasteiger charge is -2.15. The smallest absolute Gasteiger partial charge is 0.261 e. The van der Waals surface area contributed by atoms with Crippen LogP contribution in [0.1, 0.15) is 40.5 Å². The predicted molar refractivity (Wildman–Crippen MR) is 80.4 cm³/mol. The van der Waals surface area contributed by atoms with Crippen LogP contribution in [0.4, 0.5) is 0 Å². The molecule has 1 atom stereocenters. The maximum absolute atomic E-state index is 12.1. The van der Waals surface area contributed by atoms with Gasteiger partial charge >= 0.3 is 0 Å². The van der Waals surface area contributed by atoms with E-state index in [0.717, 1.165) is 19.4 Å². The maximum atomic E-state index is 12.1. The van der Waals surface area contributed by atoms with E-state index in [1.807, 2.05) is 0 Å². The molecule has 1 aliphatic heterocycles. The number of nitrogens with zero attached hydrogens (tertiary/aromatic N) is 1. The van der Waals surface area contributed by atoms with Crippen molar-refractivity contribution in [2.75, 3.05) is 26.8 Å². The first-order chi connectivity index (χ1) is 10.1. The van der Waals surface area contributed by atoms with Gasteiger partial charge in [0.25, 0.3) is 11.8 Å². The normalized spacial score (nSPS) is 15.4. The van der Waals surface area contributed by atoms with Crippen LogP contribution in [0.3, 0.4) is 0 Å². The van der Waals surface area contributed by atoms with Crippen LogP contribution >= 0.6 is 0 Å². The van der Waals surface area contributed by atoms with Crippen molar-refractivity contribution in [2.24, 2.45) is 0 Å². The molecule has 2 amide bonds. The summed E-state index contributed by atoms with van der Waals surface area (Å²) in [7, 11) is 1.68. The number of benzene rings is 1.